The molecular formula is C16H17NO4. The molecule has 1 aromatic carbocycles. The van der Waals surface area contributed by atoms with Gasteiger partial charge in [-0.25, -0.2) is 4.79 Å². The lowest BCUT2D eigenvalue weighted by Gasteiger charge is -2.15. The van der Waals surface area contributed by atoms with Gasteiger partial charge in [0.05, 0.1) is 0 Å². The topological polar surface area (TPSA) is 70.8 Å². The van der Waals surface area contributed by atoms with Crippen LogP contribution in [0.2, 0.25) is 0 Å². The van der Waals surface area contributed by atoms with Crippen molar-refractivity contribution in [1.29, 1.82) is 0 Å². The number of aryl methyl sites for hydroxylation is 2. The van der Waals surface area contributed by atoms with Gasteiger partial charge in [-0.2, -0.15) is 0 Å². The van der Waals surface area contributed by atoms with Crippen molar-refractivity contribution < 1.29 is 19.1 Å². The molecule has 110 valence electrons. The minimum Gasteiger partial charge on any atom is -0.478 e. The molecule has 21 heavy (non-hydrogen) atoms. The number of carbonyl (C=O) groups is 2. The summed E-state index contributed by atoms with van der Waals surface area (Å²) in [4.78, 5) is 24.9. The van der Waals surface area contributed by atoms with Crippen LogP contribution in [0.4, 0.5) is 5.69 Å². The van der Waals surface area contributed by atoms with E-state index in [1.165, 1.54) is 11.0 Å². The molecule has 0 radical (unpaired) electrons. The molecule has 2 aromatic rings. The Morgan fingerprint density at radius 1 is 1.24 bits per heavy atom. The van der Waals surface area contributed by atoms with Crippen LogP contribution in [0.15, 0.2) is 34.7 Å². The van der Waals surface area contributed by atoms with E-state index >= 15 is 0 Å². The molecule has 0 saturated carbocycles. The summed E-state index contributed by atoms with van der Waals surface area (Å²) in [6.07, 6.45) is 0.420. The van der Waals surface area contributed by atoms with Crippen molar-refractivity contribution in [3.63, 3.8) is 0 Å². The fourth-order valence-corrected chi connectivity index (χ4v) is 2.03. The van der Waals surface area contributed by atoms with E-state index in [2.05, 4.69) is 0 Å². The van der Waals surface area contributed by atoms with Crippen molar-refractivity contribution in [2.24, 2.45) is 0 Å². The van der Waals surface area contributed by atoms with E-state index in [0.29, 0.717) is 12.2 Å². The molecule has 0 fully saturated rings. The summed E-state index contributed by atoms with van der Waals surface area (Å²) in [5.41, 5.74) is 1.86. The van der Waals surface area contributed by atoms with E-state index in [1.54, 1.807) is 14.0 Å². The number of carboxylic acid groups (broad SMARTS) is 1. The summed E-state index contributed by atoms with van der Waals surface area (Å²) in [6, 6.07) is 8.75. The number of amides is 1. The van der Waals surface area contributed by atoms with Crippen LogP contribution in [0.5, 0.6) is 0 Å². The first kappa shape index (κ1) is 14.8. The predicted octanol–water partition coefficient (Wildman–Crippen LogP) is 3.13. The van der Waals surface area contributed by atoms with Crippen LogP contribution in [-0.2, 0) is 6.42 Å². The Labute approximate surface area is 122 Å². The molecule has 0 saturated heterocycles. The first-order chi connectivity index (χ1) is 9.93. The average Bonchev–Trinajstić information content (AvgIpc) is 2.91. The number of hydrogen-bond donors (Lipinski definition) is 1. The number of carbonyl (C=O) groups excluding carboxylic acids is 1. The van der Waals surface area contributed by atoms with Gasteiger partial charge in [0.15, 0.2) is 5.76 Å². The van der Waals surface area contributed by atoms with Crippen LogP contribution in [0, 0.1) is 6.92 Å². The summed E-state index contributed by atoms with van der Waals surface area (Å²) in [5.74, 6) is -1.12. The first-order valence-electron chi connectivity index (χ1n) is 6.64. The Balaban J connectivity index is 2.31. The maximum absolute atomic E-state index is 12.4. The summed E-state index contributed by atoms with van der Waals surface area (Å²) >= 11 is 0. The summed E-state index contributed by atoms with van der Waals surface area (Å²) in [7, 11) is 1.63. The van der Waals surface area contributed by atoms with Crippen molar-refractivity contribution in [2.45, 2.75) is 20.3 Å². The number of anilines is 1. The number of hydrogen-bond acceptors (Lipinski definition) is 3. The van der Waals surface area contributed by atoms with E-state index in [9.17, 15) is 9.59 Å². The predicted molar refractivity (Wildman–Crippen MR) is 79.0 cm³/mol. The minimum atomic E-state index is -1.09. The van der Waals surface area contributed by atoms with Gasteiger partial charge in [-0.3, -0.25) is 4.79 Å². The van der Waals surface area contributed by atoms with Crippen LogP contribution in [0.3, 0.4) is 0 Å². The molecule has 0 atom stereocenters. The van der Waals surface area contributed by atoms with Gasteiger partial charge in [-0.1, -0.05) is 24.6 Å². The summed E-state index contributed by atoms with van der Waals surface area (Å²) < 4.78 is 5.38. The second-order valence-electron chi connectivity index (χ2n) is 4.81. The summed E-state index contributed by atoms with van der Waals surface area (Å²) in [6.45, 7) is 3.74. The van der Waals surface area contributed by atoms with Crippen molar-refractivity contribution in [1.82, 2.24) is 0 Å². The third-order valence-electron chi connectivity index (χ3n) is 3.30. The Morgan fingerprint density at radius 2 is 1.86 bits per heavy atom. The normalized spacial score (nSPS) is 10.4. The fraction of sp³-hybridized carbons (Fsp3) is 0.250. The van der Waals surface area contributed by atoms with E-state index in [4.69, 9.17) is 9.52 Å². The molecule has 1 aromatic heterocycles. The molecule has 5 heteroatoms. The van der Waals surface area contributed by atoms with E-state index < -0.39 is 5.97 Å². The highest BCUT2D eigenvalue weighted by Crippen LogP contribution is 2.21. The van der Waals surface area contributed by atoms with Crippen LogP contribution in [0.1, 0.15) is 39.2 Å². The van der Waals surface area contributed by atoms with Gasteiger partial charge in [0.25, 0.3) is 5.91 Å². The molecular weight excluding hydrogens is 270 g/mol. The Kier molecular flexibility index (Phi) is 4.12. The second-order valence-corrected chi connectivity index (χ2v) is 4.81. The number of benzene rings is 1. The third-order valence-corrected chi connectivity index (χ3v) is 3.30. The highest BCUT2D eigenvalue weighted by Gasteiger charge is 2.22. The fourth-order valence-electron chi connectivity index (χ4n) is 2.03. The van der Waals surface area contributed by atoms with Crippen LogP contribution >= 0.6 is 0 Å². The molecule has 1 amide bonds. The highest BCUT2D eigenvalue weighted by molar-refractivity contribution is 6.05. The van der Waals surface area contributed by atoms with Crippen molar-refractivity contribution in [3.8, 4) is 0 Å². The van der Waals surface area contributed by atoms with Crippen LogP contribution < -0.4 is 4.90 Å². The van der Waals surface area contributed by atoms with E-state index in [1.807, 2.05) is 31.2 Å². The van der Waals surface area contributed by atoms with Gasteiger partial charge in [0, 0.05) is 25.2 Å². The van der Waals surface area contributed by atoms with E-state index in [0.717, 1.165) is 11.3 Å². The van der Waals surface area contributed by atoms with Gasteiger partial charge in [0.1, 0.15) is 11.3 Å². The quantitative estimate of drug-likeness (QED) is 0.937. The van der Waals surface area contributed by atoms with Gasteiger partial charge in [0.2, 0.25) is 0 Å². The van der Waals surface area contributed by atoms with Crippen LogP contribution in [0.25, 0.3) is 0 Å². The van der Waals surface area contributed by atoms with Gasteiger partial charge in [-0.15, -0.1) is 0 Å². The monoisotopic (exact) mass is 287 g/mol. The first-order valence-corrected chi connectivity index (χ1v) is 6.64. The van der Waals surface area contributed by atoms with Crippen molar-refractivity contribution in [3.05, 3.63) is 53.0 Å². The van der Waals surface area contributed by atoms with Crippen LogP contribution in [-0.4, -0.2) is 24.0 Å². The maximum atomic E-state index is 12.4. The molecule has 1 heterocycles. The average molecular weight is 287 g/mol. The Bertz CT molecular complexity index is 670. The Morgan fingerprint density at radius 3 is 2.33 bits per heavy atom. The lowest BCUT2D eigenvalue weighted by Crippen LogP contribution is -2.25. The second kappa shape index (κ2) is 5.83. The standard InChI is InChI=1S/C16H17NO4/c1-4-13-12(16(19)20)9-14(21-13)15(18)17(3)11-7-5-10(2)6-8-11/h5-9H,4H2,1-3H3,(H,19,20). The molecule has 0 spiro atoms. The number of nitrogens with zero attached hydrogens (tertiary/aromatic N) is 1. The minimum absolute atomic E-state index is 0.0346. The molecule has 0 aliphatic rings. The Hall–Kier alpha value is -2.56. The zero-order valence-corrected chi connectivity index (χ0v) is 12.2. The summed E-state index contributed by atoms with van der Waals surface area (Å²) in [5, 5.41) is 9.09. The maximum Gasteiger partial charge on any atom is 0.339 e. The smallest absolute Gasteiger partial charge is 0.339 e. The SMILES string of the molecule is CCc1oc(C(=O)N(C)c2ccc(C)cc2)cc1C(=O)O. The molecule has 0 unspecified atom stereocenters. The third kappa shape index (κ3) is 2.97. The van der Waals surface area contributed by atoms with Gasteiger partial charge < -0.3 is 14.4 Å². The molecule has 0 aliphatic heterocycles. The molecule has 5 nitrogen and oxygen atoms in total. The van der Waals surface area contributed by atoms with Crippen molar-refractivity contribution >= 4 is 17.6 Å². The van der Waals surface area contributed by atoms with Crippen molar-refractivity contribution in [2.75, 3.05) is 11.9 Å². The lowest BCUT2D eigenvalue weighted by atomic mass is 10.2. The number of carboxylic acids is 1. The molecule has 0 bridgehead atoms. The molecule has 2 rings (SSSR count). The van der Waals surface area contributed by atoms with Gasteiger partial charge >= 0.3 is 5.97 Å². The zero-order chi connectivity index (χ0) is 15.6. The largest absolute Gasteiger partial charge is 0.478 e. The lowest BCUT2D eigenvalue weighted by molar-refractivity contribution is 0.0694. The van der Waals surface area contributed by atoms with Gasteiger partial charge in [-0.05, 0) is 19.1 Å². The van der Waals surface area contributed by atoms with E-state index in [-0.39, 0.29) is 17.2 Å². The molecule has 1 N–H and O–H groups in total. The zero-order valence-electron chi connectivity index (χ0n) is 12.2. The molecule has 0 aliphatic carbocycles. The number of furan rings is 1. The number of aromatic carboxylic acids is 1. The highest BCUT2D eigenvalue weighted by atomic mass is 16.4. The number of rotatable bonds is 4.